The smallest absolute Gasteiger partial charge is 0.324 e. The number of rotatable bonds is 29. The van der Waals surface area contributed by atoms with E-state index in [4.69, 9.17) is 40.8 Å². The molecule has 1 aliphatic rings. The van der Waals surface area contributed by atoms with Gasteiger partial charge in [-0.15, -0.1) is 0 Å². The minimum absolute atomic E-state index is 0.102. The number of nitrogen functional groups attached to an aromatic ring is 1. The number of aliphatic hydroxyl groups excluding tert-OH is 2. The molecule has 0 radical (unpaired) electrons. The van der Waals surface area contributed by atoms with E-state index in [0.717, 1.165) is 18.4 Å². The molecule has 0 amide bonds. The lowest BCUT2D eigenvalue weighted by Gasteiger charge is -2.24. The summed E-state index contributed by atoms with van der Waals surface area (Å²) in [4.78, 5) is 14.9. The minimum Gasteiger partial charge on any atom is -0.387 e. The number of aromatic nitrogens is 3. The van der Waals surface area contributed by atoms with Gasteiger partial charge in [0.15, 0.2) is 5.82 Å². The van der Waals surface area contributed by atoms with E-state index in [1.807, 2.05) is 36.4 Å². The molecule has 15 heteroatoms. The maximum absolute atomic E-state index is 11.0. The molecule has 0 spiro atoms. The molecule has 1 unspecified atom stereocenters. The summed E-state index contributed by atoms with van der Waals surface area (Å²) in [6.45, 7) is -1.03. The van der Waals surface area contributed by atoms with Crippen LogP contribution in [-0.4, -0.2) is 80.5 Å². The number of nitrogens with two attached hydrogens (primary N) is 1. The predicted molar refractivity (Wildman–Crippen MR) is 215 cm³/mol. The van der Waals surface area contributed by atoms with Crippen LogP contribution in [0.5, 0.6) is 0 Å². The first-order chi connectivity index (χ1) is 26.7. The molecule has 1 saturated heterocycles. The van der Waals surface area contributed by atoms with Crippen LogP contribution in [0.3, 0.4) is 0 Å². The molecule has 0 saturated carbocycles. The molecule has 0 bridgehead atoms. The summed E-state index contributed by atoms with van der Waals surface area (Å²) in [6.07, 6.45) is 17.1. The molecule has 2 aromatic heterocycles. The van der Waals surface area contributed by atoms with Gasteiger partial charge in [0, 0.05) is 6.61 Å². The molecule has 13 nitrogen and oxygen atoms in total. The van der Waals surface area contributed by atoms with Crippen LogP contribution in [0.1, 0.15) is 121 Å². The highest BCUT2D eigenvalue weighted by Gasteiger charge is 2.57. The van der Waals surface area contributed by atoms with Crippen molar-refractivity contribution < 1.29 is 38.4 Å². The van der Waals surface area contributed by atoms with E-state index in [9.17, 15) is 20.4 Å². The zero-order chi connectivity index (χ0) is 39.4. The monoisotopic (exact) mass is 803 g/mol. The van der Waals surface area contributed by atoms with E-state index in [-0.39, 0.29) is 24.7 Å². The van der Waals surface area contributed by atoms with Gasteiger partial charge in [0.2, 0.25) is 5.60 Å². The Hall–Kier alpha value is -2.54. The summed E-state index contributed by atoms with van der Waals surface area (Å²) in [6, 6.07) is 14.8. The van der Waals surface area contributed by atoms with Gasteiger partial charge in [-0.25, -0.2) is 9.50 Å². The maximum Gasteiger partial charge on any atom is 0.324 e. The number of nitriles is 1. The van der Waals surface area contributed by atoms with Gasteiger partial charge in [-0.1, -0.05) is 134 Å². The van der Waals surface area contributed by atoms with Gasteiger partial charge < -0.3 is 44.1 Å². The summed E-state index contributed by atoms with van der Waals surface area (Å²) in [7, 11) is 0. The second-order valence-electron chi connectivity index (χ2n) is 14.5. The predicted octanol–water partition coefficient (Wildman–Crippen LogP) is 7.26. The Balaban J connectivity index is 1.15. The number of ether oxygens (including phenoxy) is 3. The highest BCUT2D eigenvalue weighted by Crippen LogP contribution is 2.46. The first-order valence-electron chi connectivity index (χ1n) is 20.1. The Bertz CT molecular complexity index is 1610. The highest BCUT2D eigenvalue weighted by molar-refractivity contribution is 8.07. The average molecular weight is 804 g/mol. The molecule has 306 valence electrons. The summed E-state index contributed by atoms with van der Waals surface area (Å²) >= 11 is 5.27. The second-order valence-corrected chi connectivity index (χ2v) is 17.3. The standard InChI is InChI=1S/C40H62N5O8PS/c1-2-3-4-5-6-7-8-9-10-11-12-13-14-15-16-20-25-49-27-33(50-26-32-21-18-17-19-22-32)28-51-54(48,55)52-29-35-37(46)38(47)40(30-41,53-35)36-24-23-34-39(42)43-31-44-45(34)36/h17-19,21-24,31,33,35,37-38,46-47H,2-16,20,25-29H2,1H3,(H,48,55)(H2,42,43,44)/t33-,35-,37-,38-,40+,54?/m1/s1. The number of unbranched alkanes of at least 4 members (excludes halogenated alkanes) is 15. The Kier molecular flexibility index (Phi) is 19.9. The Morgan fingerprint density at radius 1 is 0.909 bits per heavy atom. The van der Waals surface area contributed by atoms with Crippen LogP contribution < -0.4 is 5.73 Å². The number of aliphatic hydroxyl groups is 2. The average Bonchev–Trinajstić information content (AvgIpc) is 3.74. The third-order valence-electron chi connectivity index (χ3n) is 10.1. The number of fused-ring (bicyclic) bond motifs is 1. The lowest BCUT2D eigenvalue weighted by atomic mass is 9.92. The van der Waals surface area contributed by atoms with Crippen molar-refractivity contribution >= 4 is 29.9 Å². The third-order valence-corrected chi connectivity index (χ3v) is 11.7. The molecule has 5 N–H and O–H groups in total. The van der Waals surface area contributed by atoms with Crippen LogP contribution >= 0.6 is 6.72 Å². The van der Waals surface area contributed by atoms with Crippen molar-refractivity contribution in [3.8, 4) is 6.07 Å². The summed E-state index contributed by atoms with van der Waals surface area (Å²) < 4.78 is 30.5. The number of anilines is 1. The van der Waals surface area contributed by atoms with Gasteiger partial charge in [0.05, 0.1) is 32.1 Å². The van der Waals surface area contributed by atoms with E-state index < -0.39 is 43.3 Å². The fourth-order valence-electron chi connectivity index (χ4n) is 6.83. The SMILES string of the molecule is CCCCCCCCCCCCCCCCCCOC[C@H](COP(O)(=S)OC[C@H]1O[C@@](C#N)(c2ccc3c(N)ncnn23)[C@H](O)[C@@H]1O)OCc1ccccc1. The number of nitrogens with zero attached hydrogens (tertiary/aromatic N) is 4. The van der Waals surface area contributed by atoms with E-state index >= 15 is 0 Å². The number of hydrogen-bond donors (Lipinski definition) is 4. The van der Waals surface area contributed by atoms with Crippen molar-refractivity contribution in [3.63, 3.8) is 0 Å². The highest BCUT2D eigenvalue weighted by atomic mass is 32.5. The van der Waals surface area contributed by atoms with Gasteiger partial charge in [-0.05, 0) is 35.9 Å². The van der Waals surface area contributed by atoms with Crippen molar-refractivity contribution in [2.75, 3.05) is 32.2 Å². The van der Waals surface area contributed by atoms with Crippen LogP contribution in [0.4, 0.5) is 5.82 Å². The first kappa shape index (κ1) is 45.2. The zero-order valence-corrected chi connectivity index (χ0v) is 34.1. The van der Waals surface area contributed by atoms with Crippen LogP contribution in [0.25, 0.3) is 5.52 Å². The Morgan fingerprint density at radius 3 is 2.15 bits per heavy atom. The molecule has 55 heavy (non-hydrogen) atoms. The lowest BCUT2D eigenvalue weighted by Crippen LogP contribution is -2.41. The van der Waals surface area contributed by atoms with Crippen LogP contribution in [-0.2, 0) is 47.3 Å². The van der Waals surface area contributed by atoms with E-state index in [1.165, 1.54) is 107 Å². The van der Waals surface area contributed by atoms with Crippen molar-refractivity contribution in [2.24, 2.45) is 0 Å². The van der Waals surface area contributed by atoms with E-state index in [2.05, 4.69) is 17.0 Å². The molecule has 3 aromatic rings. The van der Waals surface area contributed by atoms with Crippen LogP contribution in [0, 0.1) is 11.3 Å². The van der Waals surface area contributed by atoms with Crippen molar-refractivity contribution in [1.82, 2.24) is 14.6 Å². The van der Waals surface area contributed by atoms with Crippen molar-refractivity contribution in [1.29, 1.82) is 5.26 Å². The Morgan fingerprint density at radius 2 is 1.53 bits per heavy atom. The topological polar surface area (TPSA) is 187 Å². The quantitative estimate of drug-likeness (QED) is 0.0406. The first-order valence-corrected chi connectivity index (χ1v) is 22.7. The molecule has 6 atom stereocenters. The molecule has 0 aliphatic carbocycles. The van der Waals surface area contributed by atoms with Crippen molar-refractivity contribution in [3.05, 3.63) is 60.0 Å². The maximum atomic E-state index is 11.0. The summed E-state index contributed by atoms with van der Waals surface area (Å²) in [5.74, 6) is 0.164. The van der Waals surface area contributed by atoms with E-state index in [1.54, 1.807) is 6.07 Å². The number of hydrogen-bond acceptors (Lipinski definition) is 12. The van der Waals surface area contributed by atoms with Gasteiger partial charge >= 0.3 is 6.72 Å². The molecular formula is C40H62N5O8PS. The minimum atomic E-state index is -3.88. The van der Waals surface area contributed by atoms with Crippen LogP contribution in [0.2, 0.25) is 0 Å². The Labute approximate surface area is 331 Å². The number of benzene rings is 1. The summed E-state index contributed by atoms with van der Waals surface area (Å²) in [5.41, 5.74) is 5.43. The van der Waals surface area contributed by atoms with Gasteiger partial charge in [-0.2, -0.15) is 10.4 Å². The molecule has 4 rings (SSSR count). The molecule has 1 aliphatic heterocycles. The molecule has 1 aromatic carbocycles. The fourth-order valence-corrected chi connectivity index (χ4v) is 7.96. The summed E-state index contributed by atoms with van der Waals surface area (Å²) in [5, 5.41) is 36.2. The normalized spacial score (nSPS) is 21.5. The molecule has 1 fully saturated rings. The molecule has 3 heterocycles. The van der Waals surface area contributed by atoms with E-state index in [0.29, 0.717) is 18.7 Å². The largest absolute Gasteiger partial charge is 0.387 e. The second kappa shape index (κ2) is 24.3. The zero-order valence-electron chi connectivity index (χ0n) is 32.4. The fraction of sp³-hybridized carbons (Fsp3) is 0.675. The third kappa shape index (κ3) is 14.4. The van der Waals surface area contributed by atoms with Crippen LogP contribution in [0.15, 0.2) is 48.8 Å². The van der Waals surface area contributed by atoms with Gasteiger partial charge in [-0.3, -0.25) is 0 Å². The molecular weight excluding hydrogens is 742 g/mol. The van der Waals surface area contributed by atoms with Gasteiger partial charge in [0.25, 0.3) is 0 Å². The lowest BCUT2D eigenvalue weighted by molar-refractivity contribution is -0.0660. The van der Waals surface area contributed by atoms with Crippen molar-refractivity contribution in [2.45, 2.75) is 146 Å². The van der Waals surface area contributed by atoms with Gasteiger partial charge in [0.1, 0.15) is 42.3 Å².